The molecule has 26 heavy (non-hydrogen) atoms. The van der Waals surface area contributed by atoms with E-state index in [0.717, 1.165) is 22.9 Å². The maximum Gasteiger partial charge on any atom is 0.339 e. The van der Waals surface area contributed by atoms with E-state index in [1.54, 1.807) is 6.20 Å². The monoisotopic (exact) mass is 356 g/mol. The Morgan fingerprint density at radius 2 is 2.12 bits per heavy atom. The lowest BCUT2D eigenvalue weighted by atomic mass is 9.74. The van der Waals surface area contributed by atoms with Crippen LogP contribution in [0.1, 0.15) is 38.4 Å². The van der Waals surface area contributed by atoms with Crippen LogP contribution in [0.5, 0.6) is 0 Å². The number of para-hydroxylation sites is 1. The summed E-state index contributed by atoms with van der Waals surface area (Å²) in [7, 11) is 0. The molecule has 1 fully saturated rings. The minimum absolute atomic E-state index is 0.00444. The summed E-state index contributed by atoms with van der Waals surface area (Å²) in [6.07, 6.45) is 2.16. The Balaban J connectivity index is 1.82. The van der Waals surface area contributed by atoms with Gasteiger partial charge in [-0.2, -0.15) is 0 Å². The number of benzene rings is 1. The van der Waals surface area contributed by atoms with Crippen molar-refractivity contribution in [1.82, 2.24) is 10.3 Å². The van der Waals surface area contributed by atoms with Crippen LogP contribution in [0.2, 0.25) is 0 Å². The van der Waals surface area contributed by atoms with Crippen molar-refractivity contribution in [1.29, 1.82) is 0 Å². The van der Waals surface area contributed by atoms with Crippen molar-refractivity contribution in [3.8, 4) is 0 Å². The number of ether oxygens (including phenoxy) is 2. The van der Waals surface area contributed by atoms with E-state index in [1.165, 1.54) is 0 Å². The molecule has 3 N–H and O–H groups in total. The Hall–Kier alpha value is -2.31. The minimum Gasteiger partial charge on any atom is -0.478 e. The maximum atomic E-state index is 11.9. The predicted molar refractivity (Wildman–Crippen MR) is 98.8 cm³/mol. The van der Waals surface area contributed by atoms with Crippen LogP contribution in [0.15, 0.2) is 30.5 Å². The molecule has 138 valence electrons. The number of rotatable bonds is 3. The van der Waals surface area contributed by atoms with E-state index in [0.29, 0.717) is 12.3 Å². The molecule has 2 aromatic rings. The number of hydrogen-bond donors (Lipinski definition) is 3. The Kier molecular flexibility index (Phi) is 4.04. The number of nitrogens with one attached hydrogen (secondary N) is 2. The molecule has 2 aliphatic rings. The van der Waals surface area contributed by atoms with E-state index < -0.39 is 5.97 Å². The normalized spacial score (nSPS) is 27.5. The fraction of sp³-hybridized carbons (Fsp3) is 0.450. The van der Waals surface area contributed by atoms with Crippen molar-refractivity contribution < 1.29 is 19.4 Å². The molecule has 3 atom stereocenters. The van der Waals surface area contributed by atoms with Gasteiger partial charge in [-0.3, -0.25) is 0 Å². The molecule has 1 aromatic heterocycles. The number of aromatic amines is 1. The molecular formula is C20H24N2O4. The first-order chi connectivity index (χ1) is 12.4. The van der Waals surface area contributed by atoms with E-state index in [2.05, 4.69) is 24.1 Å². The van der Waals surface area contributed by atoms with Crippen LogP contribution >= 0.6 is 0 Å². The number of fused-ring (bicyclic) bond motifs is 3. The molecule has 6 nitrogen and oxygen atoms in total. The van der Waals surface area contributed by atoms with E-state index in [4.69, 9.17) is 9.47 Å². The summed E-state index contributed by atoms with van der Waals surface area (Å²) in [6.45, 7) is 6.76. The topological polar surface area (TPSA) is 83.6 Å². The van der Waals surface area contributed by atoms with Crippen LogP contribution in [-0.4, -0.2) is 41.1 Å². The molecule has 0 bridgehead atoms. The average molecular weight is 356 g/mol. The van der Waals surface area contributed by atoms with E-state index in [1.807, 2.05) is 31.2 Å². The number of carboxylic acids is 1. The van der Waals surface area contributed by atoms with E-state index >= 15 is 0 Å². The Morgan fingerprint density at radius 1 is 1.35 bits per heavy atom. The lowest BCUT2D eigenvalue weighted by Crippen LogP contribution is -2.44. The summed E-state index contributed by atoms with van der Waals surface area (Å²) in [6, 6.07) is 7.98. The third-order valence-electron chi connectivity index (χ3n) is 5.55. The third-order valence-corrected chi connectivity index (χ3v) is 5.55. The minimum atomic E-state index is -0.948. The van der Waals surface area contributed by atoms with Gasteiger partial charge in [0.15, 0.2) is 6.29 Å². The highest BCUT2D eigenvalue weighted by molar-refractivity contribution is 6.16. The Labute approximate surface area is 152 Å². The highest BCUT2D eigenvalue weighted by atomic mass is 16.7. The largest absolute Gasteiger partial charge is 0.478 e. The second kappa shape index (κ2) is 6.14. The summed E-state index contributed by atoms with van der Waals surface area (Å²) in [5.74, 6) is -0.948. The van der Waals surface area contributed by atoms with Crippen molar-refractivity contribution in [2.75, 3.05) is 6.61 Å². The molecule has 3 unspecified atom stereocenters. The molecule has 0 spiro atoms. The lowest BCUT2D eigenvalue weighted by molar-refractivity contribution is -0.130. The molecule has 0 aliphatic carbocycles. The second-order valence-corrected chi connectivity index (χ2v) is 7.62. The molecule has 3 heterocycles. The highest BCUT2D eigenvalue weighted by Crippen LogP contribution is 2.42. The van der Waals surface area contributed by atoms with Crippen LogP contribution in [0, 0.1) is 0 Å². The van der Waals surface area contributed by atoms with Gasteiger partial charge in [0.25, 0.3) is 0 Å². The van der Waals surface area contributed by atoms with Gasteiger partial charge in [0, 0.05) is 28.6 Å². The zero-order chi connectivity index (χ0) is 18.5. The first kappa shape index (κ1) is 17.1. The molecular weight excluding hydrogens is 332 g/mol. The van der Waals surface area contributed by atoms with Crippen LogP contribution in [0.3, 0.4) is 0 Å². The molecule has 1 saturated heterocycles. The summed E-state index contributed by atoms with van der Waals surface area (Å²) in [5, 5.41) is 14.1. The average Bonchev–Trinajstić information content (AvgIpc) is 3.14. The number of carboxylic acid groups (broad SMARTS) is 1. The summed E-state index contributed by atoms with van der Waals surface area (Å²) >= 11 is 0. The van der Waals surface area contributed by atoms with Gasteiger partial charge in [0.2, 0.25) is 0 Å². The zero-order valence-corrected chi connectivity index (χ0v) is 15.2. The molecule has 0 saturated carbocycles. The van der Waals surface area contributed by atoms with Gasteiger partial charge in [-0.15, -0.1) is 0 Å². The van der Waals surface area contributed by atoms with Crippen molar-refractivity contribution in [2.45, 2.75) is 51.0 Å². The number of hydrogen-bond acceptors (Lipinski definition) is 4. The molecule has 0 radical (unpaired) electrons. The lowest BCUT2D eigenvalue weighted by Gasteiger charge is -2.35. The molecule has 6 heteroatoms. The maximum absolute atomic E-state index is 11.9. The molecule has 1 aromatic carbocycles. The van der Waals surface area contributed by atoms with Crippen LogP contribution in [0.4, 0.5) is 0 Å². The third kappa shape index (κ3) is 2.70. The first-order valence-electron chi connectivity index (χ1n) is 8.96. The second-order valence-electron chi connectivity index (χ2n) is 7.62. The number of carbonyl (C=O) groups is 1. The Morgan fingerprint density at radius 3 is 2.81 bits per heavy atom. The molecule has 4 rings (SSSR count). The van der Waals surface area contributed by atoms with Gasteiger partial charge < -0.3 is 24.9 Å². The number of H-pyrrole nitrogens is 1. The van der Waals surface area contributed by atoms with Crippen molar-refractivity contribution in [3.63, 3.8) is 0 Å². The van der Waals surface area contributed by atoms with E-state index in [9.17, 15) is 9.90 Å². The summed E-state index contributed by atoms with van der Waals surface area (Å²) in [4.78, 5) is 15.2. The number of aliphatic carboxylic acids is 1. The van der Waals surface area contributed by atoms with Crippen LogP contribution in [-0.2, 0) is 19.7 Å². The fourth-order valence-corrected chi connectivity index (χ4v) is 4.16. The summed E-state index contributed by atoms with van der Waals surface area (Å²) in [5.41, 5.74) is 2.60. The fourth-order valence-electron chi connectivity index (χ4n) is 4.16. The SMILES string of the molecule is CC1OCC(CC2NC=C(C(=O)O)c3[nH]c4ccccc4c3C2(C)C)O1. The summed E-state index contributed by atoms with van der Waals surface area (Å²) < 4.78 is 11.3. The predicted octanol–water partition coefficient (Wildman–Crippen LogP) is 2.99. The van der Waals surface area contributed by atoms with Crippen LogP contribution < -0.4 is 5.32 Å². The van der Waals surface area contributed by atoms with Gasteiger partial charge in [0.05, 0.1) is 24.0 Å². The van der Waals surface area contributed by atoms with Crippen molar-refractivity contribution >= 4 is 22.4 Å². The first-order valence-corrected chi connectivity index (χ1v) is 8.96. The highest BCUT2D eigenvalue weighted by Gasteiger charge is 2.41. The van der Waals surface area contributed by atoms with Gasteiger partial charge in [-0.05, 0) is 25.0 Å². The number of aromatic nitrogens is 1. The standard InChI is InChI=1S/C20H24N2O4/c1-11-25-10-12(26-11)8-16-20(2,3)17-13-6-4-5-7-15(13)22-18(17)14(9-21-16)19(23)24/h4-7,9,11-12,16,21-22H,8,10H2,1-3H3,(H,23,24). The Bertz CT molecular complexity index is 883. The molecule has 0 amide bonds. The van der Waals surface area contributed by atoms with Gasteiger partial charge in [-0.25, -0.2) is 4.79 Å². The van der Waals surface area contributed by atoms with Gasteiger partial charge in [-0.1, -0.05) is 32.0 Å². The molecule has 2 aliphatic heterocycles. The van der Waals surface area contributed by atoms with Gasteiger partial charge in [0.1, 0.15) is 0 Å². The zero-order valence-electron chi connectivity index (χ0n) is 15.2. The van der Waals surface area contributed by atoms with Crippen molar-refractivity contribution in [3.05, 3.63) is 41.7 Å². The quantitative estimate of drug-likeness (QED) is 0.787. The van der Waals surface area contributed by atoms with E-state index in [-0.39, 0.29) is 29.4 Å². The van der Waals surface area contributed by atoms with Crippen molar-refractivity contribution in [2.24, 2.45) is 0 Å². The van der Waals surface area contributed by atoms with Gasteiger partial charge >= 0.3 is 5.97 Å². The van der Waals surface area contributed by atoms with Crippen LogP contribution in [0.25, 0.3) is 16.5 Å². The smallest absolute Gasteiger partial charge is 0.339 e.